The van der Waals surface area contributed by atoms with Crippen LogP contribution in [0.5, 0.6) is 0 Å². The Morgan fingerprint density at radius 1 is 1.12 bits per heavy atom. The number of likely N-dealkylation sites (N-methyl/N-ethyl adjacent to an activating group) is 1. The maximum absolute atomic E-state index is 12.1. The number of benzene rings is 1. The van der Waals surface area contributed by atoms with Gasteiger partial charge in [-0.05, 0) is 57.7 Å². The van der Waals surface area contributed by atoms with Gasteiger partial charge in [0.1, 0.15) is 0 Å². The highest BCUT2D eigenvalue weighted by molar-refractivity contribution is 5.94. The molecule has 2 amide bonds. The molecule has 1 aromatic rings. The first-order valence-electron chi connectivity index (χ1n) is 8.56. The number of nitrogens with one attached hydrogen (secondary N) is 3. The normalized spacial score (nSPS) is 15.3. The summed E-state index contributed by atoms with van der Waals surface area (Å²) in [7, 11) is 3.94. The van der Waals surface area contributed by atoms with Gasteiger partial charge in [0.15, 0.2) is 0 Å². The van der Waals surface area contributed by atoms with Crippen LogP contribution in [0, 0.1) is 5.92 Å². The van der Waals surface area contributed by atoms with E-state index in [4.69, 9.17) is 0 Å². The lowest BCUT2D eigenvalue weighted by molar-refractivity contribution is -0.125. The first-order valence-corrected chi connectivity index (χ1v) is 8.56. The first-order chi connectivity index (χ1) is 11.6. The van der Waals surface area contributed by atoms with Crippen LogP contribution in [0.15, 0.2) is 24.3 Å². The Morgan fingerprint density at radius 3 is 2.42 bits per heavy atom. The van der Waals surface area contributed by atoms with Crippen molar-refractivity contribution in [2.24, 2.45) is 5.92 Å². The number of amides is 2. The molecule has 0 aromatic heterocycles. The van der Waals surface area contributed by atoms with E-state index < -0.39 is 0 Å². The Balaban J connectivity index is 1.76. The highest BCUT2D eigenvalue weighted by Gasteiger charge is 2.20. The second kappa shape index (κ2) is 9.39. The highest BCUT2D eigenvalue weighted by atomic mass is 16.2. The van der Waals surface area contributed by atoms with Crippen molar-refractivity contribution in [2.45, 2.75) is 19.4 Å². The minimum atomic E-state index is -0.0675. The van der Waals surface area contributed by atoms with Crippen LogP contribution in [0.4, 0.5) is 0 Å². The summed E-state index contributed by atoms with van der Waals surface area (Å²) in [6.07, 6.45) is 1.80. The lowest BCUT2D eigenvalue weighted by Gasteiger charge is -2.21. The van der Waals surface area contributed by atoms with Gasteiger partial charge in [-0.3, -0.25) is 9.59 Å². The van der Waals surface area contributed by atoms with E-state index in [1.54, 1.807) is 12.1 Å². The molecule has 6 nitrogen and oxygen atoms in total. The van der Waals surface area contributed by atoms with Gasteiger partial charge in [0.2, 0.25) is 5.91 Å². The van der Waals surface area contributed by atoms with Crippen molar-refractivity contribution in [3.63, 3.8) is 0 Å². The fourth-order valence-electron chi connectivity index (χ4n) is 2.69. The van der Waals surface area contributed by atoms with E-state index in [-0.39, 0.29) is 17.7 Å². The zero-order chi connectivity index (χ0) is 17.4. The molecule has 2 rings (SSSR count). The molecule has 1 aliphatic rings. The average molecular weight is 332 g/mol. The molecule has 1 heterocycles. The molecule has 0 unspecified atom stereocenters. The van der Waals surface area contributed by atoms with E-state index in [1.165, 1.54) is 0 Å². The molecule has 24 heavy (non-hydrogen) atoms. The zero-order valence-corrected chi connectivity index (χ0v) is 14.6. The van der Waals surface area contributed by atoms with Crippen LogP contribution in [-0.2, 0) is 11.3 Å². The van der Waals surface area contributed by atoms with Gasteiger partial charge in [0.05, 0.1) is 0 Å². The molecule has 0 radical (unpaired) electrons. The number of hydrogen-bond donors (Lipinski definition) is 3. The van der Waals surface area contributed by atoms with E-state index in [0.717, 1.165) is 38.0 Å². The Bertz CT molecular complexity index is 536. The van der Waals surface area contributed by atoms with Gasteiger partial charge in [-0.2, -0.15) is 0 Å². The summed E-state index contributed by atoms with van der Waals surface area (Å²) in [5, 5.41) is 9.14. The third-order valence-electron chi connectivity index (χ3n) is 4.24. The van der Waals surface area contributed by atoms with E-state index in [0.29, 0.717) is 18.7 Å². The maximum atomic E-state index is 12.1. The predicted octanol–water partition coefficient (Wildman–Crippen LogP) is 0.594. The Morgan fingerprint density at radius 2 is 1.79 bits per heavy atom. The monoisotopic (exact) mass is 332 g/mol. The maximum Gasteiger partial charge on any atom is 0.251 e. The van der Waals surface area contributed by atoms with Gasteiger partial charge in [-0.25, -0.2) is 0 Å². The minimum absolute atomic E-state index is 0.0675. The molecular formula is C18H28N4O2. The van der Waals surface area contributed by atoms with E-state index in [2.05, 4.69) is 16.0 Å². The molecule has 132 valence electrons. The standard InChI is InChI=1S/C18H28N4O2/c1-22(2)12-11-20-17(23)15-5-3-14(4-6-15)13-21-18(24)16-7-9-19-10-8-16/h3-6,16,19H,7-13H2,1-2H3,(H,20,23)(H,21,24). The molecule has 6 heteroatoms. The molecule has 0 bridgehead atoms. The summed E-state index contributed by atoms with van der Waals surface area (Å²) < 4.78 is 0. The van der Waals surface area contributed by atoms with Gasteiger partial charge in [-0.1, -0.05) is 12.1 Å². The number of carbonyl (C=O) groups is 2. The molecule has 1 aromatic carbocycles. The summed E-state index contributed by atoms with van der Waals surface area (Å²) in [4.78, 5) is 26.1. The predicted molar refractivity (Wildman–Crippen MR) is 94.8 cm³/mol. The van der Waals surface area contributed by atoms with Crippen molar-refractivity contribution in [1.82, 2.24) is 20.9 Å². The topological polar surface area (TPSA) is 73.5 Å². The fraction of sp³-hybridized carbons (Fsp3) is 0.556. The summed E-state index contributed by atoms with van der Waals surface area (Å²) in [5.41, 5.74) is 1.64. The van der Waals surface area contributed by atoms with Crippen molar-refractivity contribution >= 4 is 11.8 Å². The molecule has 1 saturated heterocycles. The number of rotatable bonds is 7. The minimum Gasteiger partial charge on any atom is -0.352 e. The van der Waals surface area contributed by atoms with E-state index in [9.17, 15) is 9.59 Å². The van der Waals surface area contributed by atoms with Crippen molar-refractivity contribution in [1.29, 1.82) is 0 Å². The van der Waals surface area contributed by atoms with Crippen LogP contribution in [0.25, 0.3) is 0 Å². The van der Waals surface area contributed by atoms with Crippen molar-refractivity contribution in [2.75, 3.05) is 40.3 Å². The lowest BCUT2D eigenvalue weighted by atomic mass is 9.97. The molecule has 0 spiro atoms. The van der Waals surface area contributed by atoms with E-state index in [1.807, 2.05) is 31.1 Å². The van der Waals surface area contributed by atoms with Crippen LogP contribution in [0.2, 0.25) is 0 Å². The zero-order valence-electron chi connectivity index (χ0n) is 14.6. The van der Waals surface area contributed by atoms with Crippen LogP contribution in [0.1, 0.15) is 28.8 Å². The van der Waals surface area contributed by atoms with Crippen molar-refractivity contribution in [3.05, 3.63) is 35.4 Å². The molecule has 0 atom stereocenters. The second-order valence-corrected chi connectivity index (χ2v) is 6.50. The van der Waals surface area contributed by atoms with E-state index >= 15 is 0 Å². The quantitative estimate of drug-likeness (QED) is 0.683. The smallest absolute Gasteiger partial charge is 0.251 e. The van der Waals surface area contributed by atoms with Gasteiger partial charge in [-0.15, -0.1) is 0 Å². The average Bonchev–Trinajstić information content (AvgIpc) is 2.60. The summed E-state index contributed by atoms with van der Waals surface area (Å²) in [6.45, 7) is 3.77. The molecular weight excluding hydrogens is 304 g/mol. The highest BCUT2D eigenvalue weighted by Crippen LogP contribution is 2.12. The third kappa shape index (κ3) is 5.94. The summed E-state index contributed by atoms with van der Waals surface area (Å²) in [6, 6.07) is 7.39. The molecule has 0 saturated carbocycles. The molecule has 1 fully saturated rings. The number of hydrogen-bond acceptors (Lipinski definition) is 4. The number of carbonyl (C=O) groups excluding carboxylic acids is 2. The van der Waals surface area contributed by atoms with Gasteiger partial charge >= 0.3 is 0 Å². The Kier molecular flexibility index (Phi) is 7.21. The fourth-order valence-corrected chi connectivity index (χ4v) is 2.69. The molecule has 3 N–H and O–H groups in total. The molecule has 0 aliphatic carbocycles. The Labute approximate surface area is 144 Å². The van der Waals surface area contributed by atoms with Crippen LogP contribution in [-0.4, -0.2) is 57.0 Å². The van der Waals surface area contributed by atoms with Gasteiger partial charge in [0, 0.05) is 31.1 Å². The van der Waals surface area contributed by atoms with Crippen molar-refractivity contribution in [3.8, 4) is 0 Å². The SMILES string of the molecule is CN(C)CCNC(=O)c1ccc(CNC(=O)C2CCNCC2)cc1. The number of piperidine rings is 1. The first kappa shape index (κ1) is 18.4. The molecule has 1 aliphatic heterocycles. The van der Waals surface area contributed by atoms with Crippen molar-refractivity contribution < 1.29 is 9.59 Å². The largest absolute Gasteiger partial charge is 0.352 e. The third-order valence-corrected chi connectivity index (χ3v) is 4.24. The number of nitrogens with zero attached hydrogens (tertiary/aromatic N) is 1. The van der Waals surface area contributed by atoms with Gasteiger partial charge in [0.25, 0.3) is 5.91 Å². The van der Waals surface area contributed by atoms with Crippen LogP contribution >= 0.6 is 0 Å². The van der Waals surface area contributed by atoms with Gasteiger partial charge < -0.3 is 20.9 Å². The summed E-state index contributed by atoms with van der Waals surface area (Å²) >= 11 is 0. The second-order valence-electron chi connectivity index (χ2n) is 6.50. The lowest BCUT2D eigenvalue weighted by Crippen LogP contribution is -2.37. The van der Waals surface area contributed by atoms with Crippen LogP contribution < -0.4 is 16.0 Å². The Hall–Kier alpha value is -1.92. The van der Waals surface area contributed by atoms with Crippen LogP contribution in [0.3, 0.4) is 0 Å². The summed E-state index contributed by atoms with van der Waals surface area (Å²) in [5.74, 6) is 0.178.